The van der Waals surface area contributed by atoms with Crippen molar-refractivity contribution in [1.82, 2.24) is 15.8 Å². The van der Waals surface area contributed by atoms with Crippen molar-refractivity contribution in [1.29, 1.82) is 0 Å². The monoisotopic (exact) mass is 461 g/mol. The third kappa shape index (κ3) is 5.05. The van der Waals surface area contributed by atoms with Gasteiger partial charge in [-0.3, -0.25) is 14.6 Å². The van der Waals surface area contributed by atoms with Gasteiger partial charge >= 0.3 is 12.1 Å². The third-order valence-corrected chi connectivity index (χ3v) is 5.51. The number of carbonyl (C=O) groups is 3. The van der Waals surface area contributed by atoms with Crippen LogP contribution in [0.3, 0.4) is 0 Å². The van der Waals surface area contributed by atoms with Gasteiger partial charge in [0.2, 0.25) is 0 Å². The SMILES string of the molecule is CC(ONC(=O)c1ccnc(CNC(=O)OCC2c3ccccc3-c3ccccc32)c1)C(=O)O. The summed E-state index contributed by atoms with van der Waals surface area (Å²) in [7, 11) is 0. The summed E-state index contributed by atoms with van der Waals surface area (Å²) < 4.78 is 5.49. The molecule has 0 fully saturated rings. The lowest BCUT2D eigenvalue weighted by atomic mass is 9.98. The van der Waals surface area contributed by atoms with Gasteiger partial charge in [-0.25, -0.2) is 15.1 Å². The molecule has 1 unspecified atom stereocenters. The number of alkyl carbamates (subject to hydrolysis) is 1. The molecule has 174 valence electrons. The number of nitrogens with zero attached hydrogens (tertiary/aromatic N) is 1. The second-order valence-corrected chi connectivity index (χ2v) is 7.74. The highest BCUT2D eigenvalue weighted by atomic mass is 16.7. The van der Waals surface area contributed by atoms with Crippen LogP contribution in [0.5, 0.6) is 0 Å². The van der Waals surface area contributed by atoms with Crippen LogP contribution in [0.1, 0.15) is 40.0 Å². The van der Waals surface area contributed by atoms with E-state index in [4.69, 9.17) is 14.7 Å². The van der Waals surface area contributed by atoms with E-state index in [2.05, 4.69) is 27.9 Å². The first-order valence-electron chi connectivity index (χ1n) is 10.7. The van der Waals surface area contributed by atoms with Crippen molar-refractivity contribution in [2.45, 2.75) is 25.5 Å². The van der Waals surface area contributed by atoms with E-state index in [-0.39, 0.29) is 24.6 Å². The highest BCUT2D eigenvalue weighted by molar-refractivity contribution is 5.93. The van der Waals surface area contributed by atoms with Gasteiger partial charge in [0, 0.05) is 17.7 Å². The van der Waals surface area contributed by atoms with E-state index in [1.165, 1.54) is 25.3 Å². The van der Waals surface area contributed by atoms with E-state index < -0.39 is 24.1 Å². The molecule has 4 rings (SSSR count). The van der Waals surface area contributed by atoms with E-state index in [0.717, 1.165) is 22.3 Å². The molecule has 9 nitrogen and oxygen atoms in total. The fourth-order valence-corrected chi connectivity index (χ4v) is 3.78. The number of aromatic nitrogens is 1. The molecule has 0 aliphatic heterocycles. The number of fused-ring (bicyclic) bond motifs is 3. The molecule has 1 heterocycles. The molecule has 3 N–H and O–H groups in total. The second-order valence-electron chi connectivity index (χ2n) is 7.74. The highest BCUT2D eigenvalue weighted by Crippen LogP contribution is 2.44. The lowest BCUT2D eigenvalue weighted by Crippen LogP contribution is -2.32. The maximum atomic E-state index is 12.3. The van der Waals surface area contributed by atoms with Crippen molar-refractivity contribution in [2.75, 3.05) is 6.61 Å². The first-order chi connectivity index (χ1) is 16.4. The van der Waals surface area contributed by atoms with Crippen LogP contribution in [0.25, 0.3) is 11.1 Å². The van der Waals surface area contributed by atoms with E-state index in [0.29, 0.717) is 5.69 Å². The topological polar surface area (TPSA) is 127 Å². The van der Waals surface area contributed by atoms with Crippen LogP contribution >= 0.6 is 0 Å². The van der Waals surface area contributed by atoms with Crippen LogP contribution < -0.4 is 10.8 Å². The van der Waals surface area contributed by atoms with Gasteiger partial charge < -0.3 is 15.2 Å². The first-order valence-corrected chi connectivity index (χ1v) is 10.7. The molecule has 0 radical (unpaired) electrons. The summed E-state index contributed by atoms with van der Waals surface area (Å²) in [6, 6.07) is 19.1. The Morgan fingerprint density at radius 1 is 1.03 bits per heavy atom. The van der Waals surface area contributed by atoms with Crippen LogP contribution in [0.2, 0.25) is 0 Å². The summed E-state index contributed by atoms with van der Waals surface area (Å²) >= 11 is 0. The molecular weight excluding hydrogens is 438 g/mol. The third-order valence-electron chi connectivity index (χ3n) is 5.51. The molecule has 0 saturated heterocycles. The van der Waals surface area contributed by atoms with E-state index in [1.54, 1.807) is 0 Å². The number of pyridine rings is 1. The Kier molecular flexibility index (Phi) is 6.84. The number of hydrogen-bond donors (Lipinski definition) is 3. The fourth-order valence-electron chi connectivity index (χ4n) is 3.78. The summed E-state index contributed by atoms with van der Waals surface area (Å²) in [6.45, 7) is 1.53. The van der Waals surface area contributed by atoms with Crippen LogP contribution in [-0.2, 0) is 20.9 Å². The smallest absolute Gasteiger partial charge is 0.407 e. The number of rotatable bonds is 8. The number of hydrogen-bond acceptors (Lipinski definition) is 6. The lowest BCUT2D eigenvalue weighted by molar-refractivity contribution is -0.152. The molecule has 3 aromatic rings. The zero-order valence-corrected chi connectivity index (χ0v) is 18.4. The first kappa shape index (κ1) is 22.9. The Bertz CT molecular complexity index is 1180. The van der Waals surface area contributed by atoms with Gasteiger partial charge in [0.25, 0.3) is 5.91 Å². The molecule has 34 heavy (non-hydrogen) atoms. The number of carboxylic acid groups (broad SMARTS) is 1. The number of aliphatic carboxylic acids is 1. The van der Waals surface area contributed by atoms with Gasteiger partial charge in [0.05, 0.1) is 12.2 Å². The molecule has 2 aromatic carbocycles. The number of carbonyl (C=O) groups excluding carboxylic acids is 2. The van der Waals surface area contributed by atoms with Crippen molar-refractivity contribution < 1.29 is 29.1 Å². The number of nitrogens with one attached hydrogen (secondary N) is 2. The molecular formula is C25H23N3O6. The van der Waals surface area contributed by atoms with Gasteiger partial charge in [-0.15, -0.1) is 0 Å². The summed E-state index contributed by atoms with van der Waals surface area (Å²) in [5.41, 5.74) is 7.25. The molecule has 0 bridgehead atoms. The normalized spacial score (nSPS) is 12.9. The van der Waals surface area contributed by atoms with Gasteiger partial charge in [0.1, 0.15) is 6.61 Å². The maximum Gasteiger partial charge on any atom is 0.407 e. The minimum Gasteiger partial charge on any atom is -0.479 e. The Hall–Kier alpha value is -4.24. The van der Waals surface area contributed by atoms with Gasteiger partial charge in [-0.2, -0.15) is 0 Å². The predicted molar refractivity (Wildman–Crippen MR) is 122 cm³/mol. The van der Waals surface area contributed by atoms with Crippen LogP contribution in [0.4, 0.5) is 4.79 Å². The van der Waals surface area contributed by atoms with E-state index >= 15 is 0 Å². The number of benzene rings is 2. The number of hydroxylamine groups is 1. The second kappa shape index (κ2) is 10.1. The molecule has 2 amide bonds. The van der Waals surface area contributed by atoms with E-state index in [9.17, 15) is 14.4 Å². The lowest BCUT2D eigenvalue weighted by Gasteiger charge is -2.14. The van der Waals surface area contributed by atoms with Gasteiger partial charge in [0.15, 0.2) is 6.10 Å². The molecule has 0 spiro atoms. The van der Waals surface area contributed by atoms with Crippen molar-refractivity contribution in [3.63, 3.8) is 0 Å². The maximum absolute atomic E-state index is 12.3. The summed E-state index contributed by atoms with van der Waals surface area (Å²) in [5.74, 6) is -1.88. The van der Waals surface area contributed by atoms with Crippen molar-refractivity contribution in [2.24, 2.45) is 0 Å². The predicted octanol–water partition coefficient (Wildman–Crippen LogP) is 3.25. The molecule has 1 aromatic heterocycles. The average Bonchev–Trinajstić information content (AvgIpc) is 3.18. The van der Waals surface area contributed by atoms with E-state index in [1.807, 2.05) is 36.4 Å². The number of carboxylic acids is 1. The van der Waals surface area contributed by atoms with Crippen LogP contribution in [-0.4, -0.2) is 40.8 Å². The Morgan fingerprint density at radius 3 is 2.32 bits per heavy atom. The van der Waals surface area contributed by atoms with Crippen molar-refractivity contribution >= 4 is 18.0 Å². The summed E-state index contributed by atoms with van der Waals surface area (Å²) in [5, 5.41) is 11.4. The minimum absolute atomic E-state index is 0.0449. The molecule has 1 atom stereocenters. The Labute approximate surface area is 195 Å². The standard InChI is InChI=1S/C25H23N3O6/c1-15(24(30)31)34-28-23(29)16-10-11-26-17(12-16)13-27-25(32)33-14-22-20-8-4-2-6-18(20)19-7-3-5-9-21(19)22/h2-12,15,22H,13-14H2,1H3,(H,27,32)(H,28,29)(H,30,31). The zero-order chi connectivity index (χ0) is 24.1. The Balaban J connectivity index is 1.32. The van der Waals surface area contributed by atoms with Crippen LogP contribution in [0, 0.1) is 0 Å². The summed E-state index contributed by atoms with van der Waals surface area (Å²) in [4.78, 5) is 44.2. The Morgan fingerprint density at radius 2 is 1.68 bits per heavy atom. The minimum atomic E-state index is -1.21. The van der Waals surface area contributed by atoms with Crippen molar-refractivity contribution in [3.05, 3.63) is 89.2 Å². The number of amides is 2. The molecule has 0 saturated carbocycles. The quantitative estimate of drug-likeness (QED) is 0.440. The zero-order valence-electron chi connectivity index (χ0n) is 18.4. The molecule has 9 heteroatoms. The average molecular weight is 461 g/mol. The van der Waals surface area contributed by atoms with Crippen LogP contribution in [0.15, 0.2) is 66.9 Å². The van der Waals surface area contributed by atoms with Gasteiger partial charge in [-0.05, 0) is 41.3 Å². The highest BCUT2D eigenvalue weighted by Gasteiger charge is 2.29. The van der Waals surface area contributed by atoms with Gasteiger partial charge in [-0.1, -0.05) is 48.5 Å². The molecule has 1 aliphatic rings. The van der Waals surface area contributed by atoms with Crippen molar-refractivity contribution in [3.8, 4) is 11.1 Å². The largest absolute Gasteiger partial charge is 0.479 e. The number of ether oxygens (including phenoxy) is 1. The summed E-state index contributed by atoms with van der Waals surface area (Å²) in [6.07, 6.45) is -0.387. The fraction of sp³-hybridized carbons (Fsp3) is 0.200. The molecule has 1 aliphatic carbocycles.